The molecule has 0 aromatic heterocycles. The van der Waals surface area contributed by atoms with Gasteiger partial charge in [0.1, 0.15) is 0 Å². The number of hydrogen-bond acceptors (Lipinski definition) is 5. The van der Waals surface area contributed by atoms with E-state index in [0.717, 1.165) is 0 Å². The fourth-order valence-corrected chi connectivity index (χ4v) is 2.63. The number of carbonyl (C=O) groups is 2. The molecule has 0 aromatic rings. The highest BCUT2D eigenvalue weighted by molar-refractivity contribution is 5.80. The van der Waals surface area contributed by atoms with E-state index in [1.54, 1.807) is 18.7 Å². The number of carbonyl (C=O) groups excluding carboxylic acids is 2. The second-order valence-electron chi connectivity index (χ2n) is 6.28. The summed E-state index contributed by atoms with van der Waals surface area (Å²) in [6.45, 7) is 8.07. The molecular formula is C14H28N4O3. The van der Waals surface area contributed by atoms with E-state index >= 15 is 0 Å². The molecule has 1 saturated heterocycles. The molecule has 7 nitrogen and oxygen atoms in total. The Morgan fingerprint density at radius 2 is 1.95 bits per heavy atom. The minimum Gasteiger partial charge on any atom is -0.389 e. The van der Waals surface area contributed by atoms with Crippen molar-refractivity contribution in [2.75, 3.05) is 32.7 Å². The molecule has 0 saturated carbocycles. The summed E-state index contributed by atoms with van der Waals surface area (Å²) in [7, 11) is 0. The summed E-state index contributed by atoms with van der Waals surface area (Å²) < 4.78 is 0. The van der Waals surface area contributed by atoms with Crippen molar-refractivity contribution in [2.24, 2.45) is 11.8 Å². The summed E-state index contributed by atoms with van der Waals surface area (Å²) in [6, 6.07) is 0. The molecule has 0 radical (unpaired) electrons. The van der Waals surface area contributed by atoms with Crippen molar-refractivity contribution in [2.45, 2.75) is 39.2 Å². The largest absolute Gasteiger partial charge is 0.389 e. The van der Waals surface area contributed by atoms with Crippen LogP contribution in [0.1, 0.15) is 33.6 Å². The van der Waals surface area contributed by atoms with E-state index in [2.05, 4.69) is 5.43 Å². The van der Waals surface area contributed by atoms with E-state index in [9.17, 15) is 14.7 Å². The standard InChI is InChI=1S/C14H28N4O3/c1-4-17(10-14(2,3)21)9-12(19)18-7-5-11(6-8-18)13(20)16-15/h11,21H,4-10,15H2,1-3H3,(H,16,20). The Kier molecular flexibility index (Phi) is 6.57. The Bertz CT molecular complexity index is 360. The molecule has 21 heavy (non-hydrogen) atoms. The van der Waals surface area contributed by atoms with Gasteiger partial charge in [-0.05, 0) is 33.2 Å². The lowest BCUT2D eigenvalue weighted by Gasteiger charge is -2.34. The molecule has 0 aliphatic carbocycles. The highest BCUT2D eigenvalue weighted by atomic mass is 16.3. The molecule has 7 heteroatoms. The van der Waals surface area contributed by atoms with Gasteiger partial charge in [-0.1, -0.05) is 6.92 Å². The maximum absolute atomic E-state index is 12.3. The summed E-state index contributed by atoms with van der Waals surface area (Å²) in [5.41, 5.74) is 1.35. The molecule has 0 spiro atoms. The minimum atomic E-state index is -0.817. The van der Waals surface area contributed by atoms with Gasteiger partial charge in [0.25, 0.3) is 0 Å². The van der Waals surface area contributed by atoms with Gasteiger partial charge in [0.2, 0.25) is 11.8 Å². The lowest BCUT2D eigenvalue weighted by molar-refractivity contribution is -0.137. The number of hydrogen-bond donors (Lipinski definition) is 3. The summed E-state index contributed by atoms with van der Waals surface area (Å²) in [6.07, 6.45) is 1.29. The number of piperidine rings is 1. The summed E-state index contributed by atoms with van der Waals surface area (Å²) in [5.74, 6) is 4.93. The van der Waals surface area contributed by atoms with Crippen molar-refractivity contribution in [1.82, 2.24) is 15.2 Å². The van der Waals surface area contributed by atoms with Gasteiger partial charge in [-0.3, -0.25) is 19.9 Å². The van der Waals surface area contributed by atoms with Crippen LogP contribution in [0, 0.1) is 5.92 Å². The lowest BCUT2D eigenvalue weighted by Crippen LogP contribution is -2.49. The number of nitrogens with zero attached hydrogens (tertiary/aromatic N) is 2. The first-order chi connectivity index (χ1) is 9.76. The maximum Gasteiger partial charge on any atom is 0.237 e. The first-order valence-electron chi connectivity index (χ1n) is 7.49. The van der Waals surface area contributed by atoms with Gasteiger partial charge in [-0.2, -0.15) is 0 Å². The zero-order valence-electron chi connectivity index (χ0n) is 13.3. The molecule has 1 heterocycles. The van der Waals surface area contributed by atoms with E-state index < -0.39 is 5.60 Å². The van der Waals surface area contributed by atoms with E-state index in [4.69, 9.17) is 5.84 Å². The summed E-state index contributed by atoms with van der Waals surface area (Å²) >= 11 is 0. The first kappa shape index (κ1) is 17.9. The smallest absolute Gasteiger partial charge is 0.237 e. The molecule has 4 N–H and O–H groups in total. The van der Waals surface area contributed by atoms with Gasteiger partial charge < -0.3 is 10.0 Å². The summed E-state index contributed by atoms with van der Waals surface area (Å²) in [5, 5.41) is 9.84. The van der Waals surface area contributed by atoms with Crippen molar-refractivity contribution < 1.29 is 14.7 Å². The zero-order valence-corrected chi connectivity index (χ0v) is 13.3. The molecular weight excluding hydrogens is 272 g/mol. The third-order valence-electron chi connectivity index (χ3n) is 3.78. The first-order valence-corrected chi connectivity index (χ1v) is 7.49. The Morgan fingerprint density at radius 1 is 1.38 bits per heavy atom. The van der Waals surface area contributed by atoms with Crippen LogP contribution in [0.3, 0.4) is 0 Å². The van der Waals surface area contributed by atoms with Crippen molar-refractivity contribution >= 4 is 11.8 Å². The normalized spacial score (nSPS) is 17.1. The molecule has 1 fully saturated rings. The number of hydrazine groups is 1. The summed E-state index contributed by atoms with van der Waals surface area (Å²) in [4.78, 5) is 27.4. The average molecular weight is 300 g/mol. The van der Waals surface area contributed by atoms with Gasteiger partial charge in [0.15, 0.2) is 0 Å². The van der Waals surface area contributed by atoms with E-state index in [0.29, 0.717) is 45.6 Å². The van der Waals surface area contributed by atoms with Gasteiger partial charge in [-0.25, -0.2) is 5.84 Å². The van der Waals surface area contributed by atoms with Crippen LogP contribution in [0.2, 0.25) is 0 Å². The Labute approximate surface area is 126 Å². The highest BCUT2D eigenvalue weighted by Crippen LogP contribution is 2.17. The molecule has 2 amide bonds. The van der Waals surface area contributed by atoms with Crippen LogP contribution >= 0.6 is 0 Å². The number of aliphatic hydroxyl groups is 1. The van der Waals surface area contributed by atoms with Crippen LogP contribution in [0.25, 0.3) is 0 Å². The monoisotopic (exact) mass is 300 g/mol. The van der Waals surface area contributed by atoms with Crippen LogP contribution in [0.5, 0.6) is 0 Å². The number of nitrogens with two attached hydrogens (primary N) is 1. The fourth-order valence-electron chi connectivity index (χ4n) is 2.63. The third kappa shape index (κ3) is 5.99. The van der Waals surface area contributed by atoms with Crippen molar-refractivity contribution in [3.05, 3.63) is 0 Å². The Balaban J connectivity index is 2.44. The molecule has 0 unspecified atom stereocenters. The number of likely N-dealkylation sites (tertiary alicyclic amines) is 1. The molecule has 0 bridgehead atoms. The molecule has 0 atom stereocenters. The third-order valence-corrected chi connectivity index (χ3v) is 3.78. The van der Waals surface area contributed by atoms with Crippen molar-refractivity contribution in [3.8, 4) is 0 Å². The topological polar surface area (TPSA) is 98.9 Å². The second-order valence-corrected chi connectivity index (χ2v) is 6.28. The van der Waals surface area contributed by atoms with Crippen molar-refractivity contribution in [3.63, 3.8) is 0 Å². The number of likely N-dealkylation sites (N-methyl/N-ethyl adjacent to an activating group) is 1. The Morgan fingerprint density at radius 3 is 2.38 bits per heavy atom. The van der Waals surface area contributed by atoms with E-state index in [-0.39, 0.29) is 17.7 Å². The molecule has 1 rings (SSSR count). The van der Waals surface area contributed by atoms with Gasteiger partial charge in [0, 0.05) is 25.6 Å². The van der Waals surface area contributed by atoms with Crippen LogP contribution in [0.15, 0.2) is 0 Å². The quantitative estimate of drug-likeness (QED) is 0.342. The minimum absolute atomic E-state index is 0.0488. The maximum atomic E-state index is 12.3. The number of rotatable bonds is 6. The SMILES string of the molecule is CCN(CC(=O)N1CCC(C(=O)NN)CC1)CC(C)(C)O. The van der Waals surface area contributed by atoms with Crippen LogP contribution in [0.4, 0.5) is 0 Å². The van der Waals surface area contributed by atoms with Crippen LogP contribution in [-0.2, 0) is 9.59 Å². The fraction of sp³-hybridized carbons (Fsp3) is 0.857. The van der Waals surface area contributed by atoms with Crippen LogP contribution < -0.4 is 11.3 Å². The van der Waals surface area contributed by atoms with Gasteiger partial charge in [-0.15, -0.1) is 0 Å². The molecule has 122 valence electrons. The van der Waals surface area contributed by atoms with E-state index in [1.807, 2.05) is 11.8 Å². The zero-order chi connectivity index (χ0) is 16.0. The van der Waals surface area contributed by atoms with Crippen molar-refractivity contribution in [1.29, 1.82) is 0 Å². The average Bonchev–Trinajstić information content (AvgIpc) is 2.44. The molecule has 1 aliphatic rings. The molecule has 0 aromatic carbocycles. The van der Waals surface area contributed by atoms with Crippen LogP contribution in [-0.4, -0.2) is 65.0 Å². The predicted molar refractivity (Wildman–Crippen MR) is 80.0 cm³/mol. The Hall–Kier alpha value is -1.18. The van der Waals surface area contributed by atoms with Gasteiger partial charge >= 0.3 is 0 Å². The number of nitrogens with one attached hydrogen (secondary N) is 1. The number of amides is 2. The highest BCUT2D eigenvalue weighted by Gasteiger charge is 2.28. The van der Waals surface area contributed by atoms with E-state index in [1.165, 1.54) is 0 Å². The second kappa shape index (κ2) is 7.72. The molecule has 1 aliphatic heterocycles. The lowest BCUT2D eigenvalue weighted by atomic mass is 9.96. The van der Waals surface area contributed by atoms with Gasteiger partial charge in [0.05, 0.1) is 12.1 Å². The predicted octanol–water partition coefficient (Wildman–Crippen LogP) is -0.692.